The number of rotatable bonds is 5. The van der Waals surface area contributed by atoms with Gasteiger partial charge < -0.3 is 15.1 Å². The van der Waals surface area contributed by atoms with Gasteiger partial charge in [-0.15, -0.1) is 0 Å². The average molecular weight is 421 g/mol. The lowest BCUT2D eigenvalue weighted by Gasteiger charge is -2.36. The number of hydrogen-bond donors (Lipinski definition) is 1. The summed E-state index contributed by atoms with van der Waals surface area (Å²) in [5.41, 5.74) is 4.65. The molecule has 1 aliphatic heterocycles. The van der Waals surface area contributed by atoms with Crippen molar-refractivity contribution in [3.63, 3.8) is 0 Å². The van der Waals surface area contributed by atoms with Crippen LogP contribution in [0.1, 0.15) is 43.2 Å². The van der Waals surface area contributed by atoms with Crippen LogP contribution < -0.4 is 10.2 Å². The van der Waals surface area contributed by atoms with Crippen molar-refractivity contribution in [3.05, 3.63) is 59.7 Å². The number of hydrogen-bond acceptors (Lipinski definition) is 3. The molecule has 2 aromatic carbocycles. The highest BCUT2D eigenvalue weighted by molar-refractivity contribution is 5.90. The Hall–Kier alpha value is -2.53. The van der Waals surface area contributed by atoms with E-state index in [1.807, 2.05) is 17.0 Å². The standard InChI is InChI=1S/C26H36N4O/c1-21-9-8-13-24(19-21)29-15-17-30(18-16-29)26(31)27-25-14-7-6-10-22(25)20-28(2)23-11-4-3-5-12-23/h6-10,13-14,19,23H,3-5,11-12,15-18,20H2,1-2H3,(H,27,31). The van der Waals surface area contributed by atoms with Gasteiger partial charge in [0.05, 0.1) is 0 Å². The topological polar surface area (TPSA) is 38.8 Å². The number of nitrogens with zero attached hydrogens (tertiary/aromatic N) is 3. The van der Waals surface area contributed by atoms with Gasteiger partial charge in [0, 0.05) is 50.1 Å². The van der Waals surface area contributed by atoms with E-state index in [0.717, 1.165) is 38.4 Å². The van der Waals surface area contributed by atoms with Gasteiger partial charge in [-0.3, -0.25) is 4.90 Å². The molecule has 0 radical (unpaired) electrons. The van der Waals surface area contributed by atoms with E-state index in [1.165, 1.54) is 48.9 Å². The van der Waals surface area contributed by atoms with Crippen LogP contribution in [0, 0.1) is 6.92 Å². The van der Waals surface area contributed by atoms with Gasteiger partial charge in [-0.05, 0) is 56.1 Å². The predicted molar refractivity (Wildman–Crippen MR) is 129 cm³/mol. The Morgan fingerprint density at radius 1 is 1.00 bits per heavy atom. The summed E-state index contributed by atoms with van der Waals surface area (Å²) >= 11 is 0. The van der Waals surface area contributed by atoms with Crippen LogP contribution in [-0.2, 0) is 6.54 Å². The summed E-state index contributed by atoms with van der Waals surface area (Å²) in [6, 6.07) is 17.5. The quantitative estimate of drug-likeness (QED) is 0.730. The van der Waals surface area contributed by atoms with E-state index < -0.39 is 0 Å². The van der Waals surface area contributed by atoms with E-state index >= 15 is 0 Å². The Morgan fingerprint density at radius 3 is 2.48 bits per heavy atom. The molecule has 1 aliphatic carbocycles. The van der Waals surface area contributed by atoms with Crippen LogP contribution in [0.4, 0.5) is 16.2 Å². The third kappa shape index (κ3) is 5.59. The van der Waals surface area contributed by atoms with Crippen molar-refractivity contribution in [2.75, 3.05) is 43.4 Å². The molecular formula is C26H36N4O. The van der Waals surface area contributed by atoms with Crippen molar-refractivity contribution < 1.29 is 4.79 Å². The van der Waals surface area contributed by atoms with Gasteiger partial charge in [-0.1, -0.05) is 49.6 Å². The van der Waals surface area contributed by atoms with Crippen molar-refractivity contribution in [2.24, 2.45) is 0 Å². The maximum absolute atomic E-state index is 13.0. The summed E-state index contributed by atoms with van der Waals surface area (Å²) in [6.45, 7) is 6.21. The molecule has 5 heteroatoms. The highest BCUT2D eigenvalue weighted by Gasteiger charge is 2.23. The monoisotopic (exact) mass is 420 g/mol. The zero-order chi connectivity index (χ0) is 21.6. The molecule has 1 saturated heterocycles. The Labute approximate surface area is 187 Å². The van der Waals surface area contributed by atoms with Gasteiger partial charge in [-0.25, -0.2) is 4.79 Å². The van der Waals surface area contributed by atoms with Gasteiger partial charge in [0.2, 0.25) is 0 Å². The van der Waals surface area contributed by atoms with Gasteiger partial charge in [0.15, 0.2) is 0 Å². The summed E-state index contributed by atoms with van der Waals surface area (Å²) in [6.07, 6.45) is 6.62. The molecule has 0 unspecified atom stereocenters. The number of carbonyl (C=O) groups excluding carboxylic acids is 1. The second-order valence-electron chi connectivity index (χ2n) is 9.11. The van der Waals surface area contributed by atoms with Gasteiger partial charge in [0.1, 0.15) is 0 Å². The largest absolute Gasteiger partial charge is 0.368 e. The van der Waals surface area contributed by atoms with E-state index in [0.29, 0.717) is 6.04 Å². The normalized spacial score (nSPS) is 17.8. The third-order valence-electron chi connectivity index (χ3n) is 6.81. The average Bonchev–Trinajstić information content (AvgIpc) is 2.81. The number of urea groups is 1. The van der Waals surface area contributed by atoms with E-state index in [-0.39, 0.29) is 6.03 Å². The second-order valence-corrected chi connectivity index (χ2v) is 9.11. The van der Waals surface area contributed by atoms with E-state index in [9.17, 15) is 4.79 Å². The summed E-state index contributed by atoms with van der Waals surface area (Å²) < 4.78 is 0. The minimum Gasteiger partial charge on any atom is -0.368 e. The molecule has 0 bridgehead atoms. The summed E-state index contributed by atoms with van der Waals surface area (Å²) in [5, 5.41) is 3.19. The number of aryl methyl sites for hydroxylation is 1. The van der Waals surface area contributed by atoms with Crippen molar-refractivity contribution in [3.8, 4) is 0 Å². The van der Waals surface area contributed by atoms with Crippen LogP contribution in [0.15, 0.2) is 48.5 Å². The van der Waals surface area contributed by atoms with E-state index in [2.05, 4.69) is 65.5 Å². The van der Waals surface area contributed by atoms with Crippen LogP contribution in [-0.4, -0.2) is 55.1 Å². The van der Waals surface area contributed by atoms with Gasteiger partial charge >= 0.3 is 6.03 Å². The minimum absolute atomic E-state index is 0.0108. The molecular weight excluding hydrogens is 384 g/mol. The number of amides is 2. The lowest BCUT2D eigenvalue weighted by molar-refractivity contribution is 0.184. The van der Waals surface area contributed by atoms with Crippen LogP contribution in [0.2, 0.25) is 0 Å². The molecule has 166 valence electrons. The smallest absolute Gasteiger partial charge is 0.321 e. The lowest BCUT2D eigenvalue weighted by Crippen LogP contribution is -2.50. The Bertz CT molecular complexity index is 869. The zero-order valence-corrected chi connectivity index (χ0v) is 19.0. The molecule has 2 amide bonds. The fourth-order valence-electron chi connectivity index (χ4n) is 4.89. The fourth-order valence-corrected chi connectivity index (χ4v) is 4.89. The fraction of sp³-hybridized carbons (Fsp3) is 0.500. The van der Waals surface area contributed by atoms with Crippen molar-refractivity contribution in [1.82, 2.24) is 9.80 Å². The van der Waals surface area contributed by atoms with Crippen molar-refractivity contribution >= 4 is 17.4 Å². The van der Waals surface area contributed by atoms with Crippen LogP contribution >= 0.6 is 0 Å². The molecule has 1 N–H and O–H groups in total. The highest BCUT2D eigenvalue weighted by atomic mass is 16.2. The minimum atomic E-state index is 0.0108. The molecule has 2 aliphatic rings. The Morgan fingerprint density at radius 2 is 1.74 bits per heavy atom. The molecule has 0 aromatic heterocycles. The number of nitrogens with one attached hydrogen (secondary N) is 1. The first-order chi connectivity index (χ1) is 15.1. The summed E-state index contributed by atoms with van der Waals surface area (Å²) in [4.78, 5) is 19.8. The van der Waals surface area contributed by atoms with Crippen molar-refractivity contribution in [1.29, 1.82) is 0 Å². The zero-order valence-electron chi connectivity index (χ0n) is 19.0. The second kappa shape index (κ2) is 10.2. The number of benzene rings is 2. The molecule has 0 spiro atoms. The molecule has 0 atom stereocenters. The maximum Gasteiger partial charge on any atom is 0.321 e. The lowest BCUT2D eigenvalue weighted by atomic mass is 9.94. The van der Waals surface area contributed by atoms with Crippen molar-refractivity contribution in [2.45, 2.75) is 51.6 Å². The molecule has 31 heavy (non-hydrogen) atoms. The summed E-state index contributed by atoms with van der Waals surface area (Å²) in [5.74, 6) is 0. The van der Waals surface area contributed by atoms with E-state index in [4.69, 9.17) is 0 Å². The van der Waals surface area contributed by atoms with Gasteiger partial charge in [-0.2, -0.15) is 0 Å². The predicted octanol–water partition coefficient (Wildman–Crippen LogP) is 5.11. The molecule has 1 saturated carbocycles. The molecule has 4 rings (SSSR count). The van der Waals surface area contributed by atoms with Crippen LogP contribution in [0.25, 0.3) is 0 Å². The number of carbonyl (C=O) groups is 1. The first-order valence-corrected chi connectivity index (χ1v) is 11.8. The number of para-hydroxylation sites is 1. The Balaban J connectivity index is 1.34. The molecule has 1 heterocycles. The Kier molecular flexibility index (Phi) is 7.13. The first kappa shape index (κ1) is 21.7. The number of anilines is 2. The van der Waals surface area contributed by atoms with Crippen LogP contribution in [0.3, 0.4) is 0 Å². The van der Waals surface area contributed by atoms with Crippen LogP contribution in [0.5, 0.6) is 0 Å². The molecule has 2 fully saturated rings. The molecule has 2 aromatic rings. The first-order valence-electron chi connectivity index (χ1n) is 11.8. The number of piperazine rings is 1. The molecule has 5 nitrogen and oxygen atoms in total. The highest BCUT2D eigenvalue weighted by Crippen LogP contribution is 2.25. The maximum atomic E-state index is 13.0. The third-order valence-corrected chi connectivity index (χ3v) is 6.81. The SMILES string of the molecule is Cc1cccc(N2CCN(C(=O)Nc3ccccc3CN(C)C3CCCCC3)CC2)c1. The summed E-state index contributed by atoms with van der Waals surface area (Å²) in [7, 11) is 2.22. The van der Waals surface area contributed by atoms with E-state index in [1.54, 1.807) is 0 Å². The van der Waals surface area contributed by atoms with Gasteiger partial charge in [0.25, 0.3) is 0 Å².